The summed E-state index contributed by atoms with van der Waals surface area (Å²) in [5.74, 6) is -0.328. The molecule has 0 aliphatic heterocycles. The molecule has 3 aromatic rings. The van der Waals surface area contributed by atoms with E-state index >= 15 is 0 Å². The van der Waals surface area contributed by atoms with Crippen LogP contribution in [0.15, 0.2) is 78.9 Å². The molecule has 1 unspecified atom stereocenters. The molecule has 0 heterocycles. The third-order valence-electron chi connectivity index (χ3n) is 4.83. The van der Waals surface area contributed by atoms with E-state index in [1.54, 1.807) is 12.1 Å². The quantitative estimate of drug-likeness (QED) is 0.690. The number of halogens is 1. The summed E-state index contributed by atoms with van der Waals surface area (Å²) >= 11 is 0. The van der Waals surface area contributed by atoms with Gasteiger partial charge in [-0.15, -0.1) is 0 Å². The van der Waals surface area contributed by atoms with E-state index in [4.69, 9.17) is 0 Å². The van der Waals surface area contributed by atoms with E-state index in [1.807, 2.05) is 74.6 Å². The number of likely N-dealkylation sites (N-methyl/N-ethyl adjacent to an activating group) is 1. The maximum atomic E-state index is 13.9. The molecular weight excluding hydrogens is 339 g/mol. The van der Waals surface area contributed by atoms with Crippen LogP contribution in [0.3, 0.4) is 0 Å². The molecule has 3 nitrogen and oxygen atoms in total. The number of rotatable bonds is 6. The molecule has 4 heteroatoms. The van der Waals surface area contributed by atoms with Gasteiger partial charge in [-0.2, -0.15) is 0 Å². The number of benzene rings is 3. The minimum atomic E-state index is -0.326. The number of amides is 1. The summed E-state index contributed by atoms with van der Waals surface area (Å²) in [6, 6.07) is 24.1. The van der Waals surface area contributed by atoms with Crippen molar-refractivity contribution in [1.82, 2.24) is 0 Å². The zero-order chi connectivity index (χ0) is 19.2. The Hall–Kier alpha value is -2.98. The normalized spacial score (nSPS) is 13.0. The maximum absolute atomic E-state index is 13.9. The highest BCUT2D eigenvalue weighted by Gasteiger charge is 2.23. The first-order chi connectivity index (χ1) is 13.1. The van der Waals surface area contributed by atoms with Crippen LogP contribution >= 0.6 is 0 Å². The lowest BCUT2D eigenvalue weighted by molar-refractivity contribution is -0.908. The Morgan fingerprint density at radius 1 is 0.963 bits per heavy atom. The lowest BCUT2D eigenvalue weighted by Gasteiger charge is -2.22. The van der Waals surface area contributed by atoms with E-state index in [0.29, 0.717) is 12.1 Å². The van der Waals surface area contributed by atoms with E-state index in [9.17, 15) is 9.18 Å². The lowest BCUT2D eigenvalue weighted by atomic mass is 10.0. The van der Waals surface area contributed by atoms with Gasteiger partial charge in [-0.1, -0.05) is 66.7 Å². The van der Waals surface area contributed by atoms with E-state index < -0.39 is 0 Å². The summed E-state index contributed by atoms with van der Waals surface area (Å²) in [6.45, 7) is 2.30. The second-order valence-electron chi connectivity index (χ2n) is 6.74. The zero-order valence-corrected chi connectivity index (χ0v) is 15.6. The second-order valence-corrected chi connectivity index (χ2v) is 6.74. The van der Waals surface area contributed by atoms with Gasteiger partial charge in [0.15, 0.2) is 6.04 Å². The predicted octanol–water partition coefficient (Wildman–Crippen LogP) is 3.53. The molecule has 3 aromatic carbocycles. The van der Waals surface area contributed by atoms with Gasteiger partial charge >= 0.3 is 0 Å². The molecule has 0 saturated carbocycles. The minimum absolute atomic E-state index is 0.0905. The summed E-state index contributed by atoms with van der Waals surface area (Å²) in [7, 11) is 1.90. The van der Waals surface area contributed by atoms with Crippen molar-refractivity contribution < 1.29 is 14.1 Å². The smallest absolute Gasteiger partial charge is 0.282 e. The number of nitrogens with one attached hydrogen (secondary N) is 2. The number of carbonyl (C=O) groups excluding carboxylic acids is 1. The molecule has 138 valence electrons. The Morgan fingerprint density at radius 3 is 2.33 bits per heavy atom. The Balaban J connectivity index is 1.73. The Morgan fingerprint density at radius 2 is 1.59 bits per heavy atom. The fourth-order valence-electron chi connectivity index (χ4n) is 3.02. The van der Waals surface area contributed by atoms with Crippen molar-refractivity contribution in [3.05, 3.63) is 90.2 Å². The van der Waals surface area contributed by atoms with Crippen molar-refractivity contribution in [2.75, 3.05) is 12.4 Å². The van der Waals surface area contributed by atoms with Gasteiger partial charge in [-0.3, -0.25) is 4.79 Å². The van der Waals surface area contributed by atoms with Crippen molar-refractivity contribution >= 4 is 11.6 Å². The van der Waals surface area contributed by atoms with Crippen LogP contribution in [0, 0.1) is 5.82 Å². The molecule has 3 rings (SSSR count). The number of para-hydroxylation sites is 1. The highest BCUT2D eigenvalue weighted by atomic mass is 19.1. The summed E-state index contributed by atoms with van der Waals surface area (Å²) < 4.78 is 13.9. The maximum Gasteiger partial charge on any atom is 0.282 e. The Kier molecular flexibility index (Phi) is 5.99. The van der Waals surface area contributed by atoms with Gasteiger partial charge in [0.25, 0.3) is 5.91 Å². The molecule has 0 aliphatic rings. The van der Waals surface area contributed by atoms with Gasteiger partial charge in [0, 0.05) is 16.8 Å². The first kappa shape index (κ1) is 18.8. The zero-order valence-electron chi connectivity index (χ0n) is 15.6. The molecule has 0 aromatic heterocycles. The highest BCUT2D eigenvalue weighted by Crippen LogP contribution is 2.27. The summed E-state index contributed by atoms with van der Waals surface area (Å²) in [6.07, 6.45) is 0. The molecule has 0 saturated heterocycles. The number of anilines is 1. The van der Waals surface area contributed by atoms with Crippen molar-refractivity contribution in [2.45, 2.75) is 19.5 Å². The van der Waals surface area contributed by atoms with Gasteiger partial charge in [-0.05, 0) is 24.6 Å². The van der Waals surface area contributed by atoms with Crippen LogP contribution in [0.4, 0.5) is 10.1 Å². The van der Waals surface area contributed by atoms with Crippen molar-refractivity contribution in [1.29, 1.82) is 0 Å². The second kappa shape index (κ2) is 8.60. The number of quaternary nitrogens is 1. The van der Waals surface area contributed by atoms with Gasteiger partial charge in [-0.25, -0.2) is 4.39 Å². The Bertz CT molecular complexity index is 911. The van der Waals surface area contributed by atoms with Crippen LogP contribution in [0.2, 0.25) is 0 Å². The average molecular weight is 363 g/mol. The summed E-state index contributed by atoms with van der Waals surface area (Å²) in [4.78, 5) is 13.7. The largest absolute Gasteiger partial charge is 0.324 e. The van der Waals surface area contributed by atoms with Gasteiger partial charge in [0.05, 0.1) is 7.05 Å². The van der Waals surface area contributed by atoms with Gasteiger partial charge < -0.3 is 10.2 Å². The Labute approximate surface area is 159 Å². The molecule has 0 spiro atoms. The van der Waals surface area contributed by atoms with Crippen LogP contribution in [-0.2, 0) is 11.3 Å². The van der Waals surface area contributed by atoms with E-state index in [1.165, 1.54) is 6.07 Å². The molecule has 2 atom stereocenters. The van der Waals surface area contributed by atoms with E-state index in [-0.39, 0.29) is 17.8 Å². The number of hydrogen-bond donors (Lipinski definition) is 2. The van der Waals surface area contributed by atoms with Gasteiger partial charge in [0.2, 0.25) is 0 Å². The van der Waals surface area contributed by atoms with Crippen LogP contribution in [0.25, 0.3) is 11.1 Å². The first-order valence-corrected chi connectivity index (χ1v) is 9.07. The van der Waals surface area contributed by atoms with Crippen molar-refractivity contribution in [3.63, 3.8) is 0 Å². The SMILES string of the molecule is C[C@H](C(=O)Nc1ccccc1-c1ccccc1)[NH+](C)Cc1ccccc1F. The van der Waals surface area contributed by atoms with Crippen molar-refractivity contribution in [2.24, 2.45) is 0 Å². The summed E-state index contributed by atoms with van der Waals surface area (Å²) in [5.41, 5.74) is 3.41. The van der Waals surface area contributed by atoms with Crippen molar-refractivity contribution in [3.8, 4) is 11.1 Å². The van der Waals surface area contributed by atoms with Crippen LogP contribution in [0.1, 0.15) is 12.5 Å². The first-order valence-electron chi connectivity index (χ1n) is 9.07. The third kappa shape index (κ3) is 4.60. The van der Waals surface area contributed by atoms with Gasteiger partial charge in [0.1, 0.15) is 12.4 Å². The number of hydrogen-bond acceptors (Lipinski definition) is 1. The third-order valence-corrected chi connectivity index (χ3v) is 4.83. The molecule has 1 amide bonds. The molecule has 0 radical (unpaired) electrons. The van der Waals surface area contributed by atoms with E-state index in [0.717, 1.165) is 21.7 Å². The average Bonchev–Trinajstić information content (AvgIpc) is 2.70. The lowest BCUT2D eigenvalue weighted by Crippen LogP contribution is -3.12. The standard InChI is InChI=1S/C23H23FN2O/c1-17(26(2)16-19-12-6-8-14-21(19)24)23(27)25-22-15-9-7-13-20(22)18-10-4-3-5-11-18/h3-15,17H,16H2,1-2H3,(H,25,27)/p+1/t17-/m1/s1. The monoisotopic (exact) mass is 363 g/mol. The molecule has 2 N–H and O–H groups in total. The van der Waals surface area contributed by atoms with E-state index in [2.05, 4.69) is 5.32 Å². The molecular formula is C23H24FN2O+. The molecule has 0 aliphatic carbocycles. The van der Waals surface area contributed by atoms with Crippen LogP contribution in [0.5, 0.6) is 0 Å². The fourth-order valence-corrected chi connectivity index (χ4v) is 3.02. The summed E-state index contributed by atoms with van der Waals surface area (Å²) in [5, 5.41) is 3.04. The minimum Gasteiger partial charge on any atom is -0.324 e. The molecule has 0 bridgehead atoms. The van der Waals surface area contributed by atoms with Crippen LogP contribution in [-0.4, -0.2) is 19.0 Å². The molecule has 0 fully saturated rings. The van der Waals surface area contributed by atoms with Crippen LogP contribution < -0.4 is 10.2 Å². The topological polar surface area (TPSA) is 33.5 Å². The number of carbonyl (C=O) groups is 1. The fraction of sp³-hybridized carbons (Fsp3) is 0.174. The molecule has 27 heavy (non-hydrogen) atoms. The predicted molar refractivity (Wildman–Crippen MR) is 107 cm³/mol. The highest BCUT2D eigenvalue weighted by molar-refractivity contribution is 5.97.